The molecule has 1 heterocycles. The van der Waals surface area contributed by atoms with Crippen LogP contribution in [0.3, 0.4) is 0 Å². The molecule has 0 saturated heterocycles. The molecule has 0 N–H and O–H groups in total. The number of hydrogen-bond donors (Lipinski definition) is 0. The van der Waals surface area contributed by atoms with Crippen molar-refractivity contribution in [2.24, 2.45) is 0 Å². The summed E-state index contributed by atoms with van der Waals surface area (Å²) in [5.74, 6) is -1.74. The van der Waals surface area contributed by atoms with E-state index in [4.69, 9.17) is 0 Å². The summed E-state index contributed by atoms with van der Waals surface area (Å²) in [6.07, 6.45) is 6.73. The number of nitrogens with zero attached hydrogens (tertiary/aromatic N) is 1. The number of imide groups is 1. The Labute approximate surface area is 188 Å². The minimum Gasteiger partial charge on any atom is -0.266 e. The quantitative estimate of drug-likeness (QED) is 0.185. The van der Waals surface area contributed by atoms with Crippen molar-refractivity contribution < 1.29 is 35.5 Å². The minimum absolute atomic E-state index is 0.0829. The highest BCUT2D eigenvalue weighted by molar-refractivity contribution is 7.99. The molecular formula is C21H22F3NO5S2. The molecule has 174 valence electrons. The molecule has 1 aliphatic heterocycles. The maximum atomic E-state index is 12.8. The van der Waals surface area contributed by atoms with Crippen LogP contribution in [-0.2, 0) is 14.4 Å². The Morgan fingerprint density at radius 3 is 2.31 bits per heavy atom. The average Bonchev–Trinajstić information content (AvgIpc) is 2.73. The Bertz CT molecular complexity index is 1130. The standard InChI is InChI=1S/C21H22F3NO5S2/c1-2-3-4-5-6-7-11-31-15-12-14-9-8-10-16-18(14)17(13-15)20(27)25(19(16)26)30-32(28,29)21(22,23)24/h8-10,12-13H,2-7,11H2,1H3. The molecule has 2 amide bonds. The van der Waals surface area contributed by atoms with Crippen molar-refractivity contribution in [1.82, 2.24) is 5.06 Å². The van der Waals surface area contributed by atoms with Gasteiger partial charge in [-0.15, -0.1) is 21.1 Å². The number of hydroxylamine groups is 2. The van der Waals surface area contributed by atoms with Crippen LogP contribution in [0.4, 0.5) is 13.2 Å². The highest BCUT2D eigenvalue weighted by atomic mass is 32.2. The number of thioether (sulfide) groups is 1. The fraction of sp³-hybridized carbons (Fsp3) is 0.429. The first-order chi connectivity index (χ1) is 15.1. The topological polar surface area (TPSA) is 80.8 Å². The zero-order valence-corrected chi connectivity index (χ0v) is 18.9. The SMILES string of the molecule is CCCCCCCCSc1cc2c3c(cccc3c1)C(=O)N(OS(=O)(=O)C(F)(F)F)C2=O. The van der Waals surface area contributed by atoms with Gasteiger partial charge < -0.3 is 0 Å². The summed E-state index contributed by atoms with van der Waals surface area (Å²) >= 11 is 1.49. The van der Waals surface area contributed by atoms with E-state index in [-0.39, 0.29) is 21.6 Å². The number of benzene rings is 2. The fourth-order valence-electron chi connectivity index (χ4n) is 3.42. The van der Waals surface area contributed by atoms with Crippen molar-refractivity contribution in [3.63, 3.8) is 0 Å². The molecule has 0 unspecified atom stereocenters. The second-order valence-electron chi connectivity index (χ2n) is 7.37. The van der Waals surface area contributed by atoms with Gasteiger partial charge in [0.1, 0.15) is 0 Å². The number of hydrogen-bond acceptors (Lipinski definition) is 6. The number of alkyl halides is 3. The molecule has 0 spiro atoms. The molecule has 0 fully saturated rings. The second-order valence-corrected chi connectivity index (χ2v) is 10.1. The second kappa shape index (κ2) is 9.80. The first-order valence-corrected chi connectivity index (χ1v) is 12.6. The van der Waals surface area contributed by atoms with Gasteiger partial charge in [0, 0.05) is 10.3 Å². The van der Waals surface area contributed by atoms with E-state index in [1.807, 2.05) is 0 Å². The summed E-state index contributed by atoms with van der Waals surface area (Å²) in [7, 11) is -6.19. The monoisotopic (exact) mass is 489 g/mol. The van der Waals surface area contributed by atoms with E-state index >= 15 is 0 Å². The van der Waals surface area contributed by atoms with Gasteiger partial charge in [0.25, 0.3) is 11.8 Å². The lowest BCUT2D eigenvalue weighted by Gasteiger charge is -2.26. The number of halogens is 3. The van der Waals surface area contributed by atoms with Gasteiger partial charge in [-0.3, -0.25) is 9.59 Å². The van der Waals surface area contributed by atoms with E-state index in [0.29, 0.717) is 10.3 Å². The number of carbonyl (C=O) groups excluding carboxylic acids is 2. The van der Waals surface area contributed by atoms with E-state index in [2.05, 4.69) is 11.2 Å². The Hall–Kier alpha value is -2.11. The molecule has 0 atom stereocenters. The first kappa shape index (κ1) is 24.5. The largest absolute Gasteiger partial charge is 0.525 e. The predicted molar refractivity (Wildman–Crippen MR) is 115 cm³/mol. The number of rotatable bonds is 10. The van der Waals surface area contributed by atoms with Crippen LogP contribution in [0, 0.1) is 0 Å². The maximum absolute atomic E-state index is 12.8. The van der Waals surface area contributed by atoms with E-state index in [0.717, 1.165) is 31.4 Å². The Balaban J connectivity index is 1.85. The van der Waals surface area contributed by atoms with Crippen LogP contribution < -0.4 is 0 Å². The zero-order chi connectivity index (χ0) is 23.5. The lowest BCUT2D eigenvalue weighted by atomic mass is 9.95. The van der Waals surface area contributed by atoms with Crippen LogP contribution in [0.1, 0.15) is 66.2 Å². The molecule has 2 aromatic carbocycles. The van der Waals surface area contributed by atoms with Gasteiger partial charge in [-0.1, -0.05) is 51.2 Å². The Kier molecular flexibility index (Phi) is 7.51. The van der Waals surface area contributed by atoms with Gasteiger partial charge in [-0.2, -0.15) is 21.6 Å². The van der Waals surface area contributed by atoms with Gasteiger partial charge in [0.15, 0.2) is 0 Å². The number of carbonyl (C=O) groups is 2. The fourth-order valence-corrected chi connectivity index (χ4v) is 4.83. The van der Waals surface area contributed by atoms with Crippen LogP contribution in [0.15, 0.2) is 35.2 Å². The van der Waals surface area contributed by atoms with Crippen molar-refractivity contribution in [3.05, 3.63) is 41.5 Å². The van der Waals surface area contributed by atoms with Crippen molar-refractivity contribution in [2.45, 2.75) is 55.9 Å². The lowest BCUT2D eigenvalue weighted by molar-refractivity contribution is -0.0761. The van der Waals surface area contributed by atoms with Crippen molar-refractivity contribution in [3.8, 4) is 0 Å². The minimum atomic E-state index is -6.19. The molecule has 32 heavy (non-hydrogen) atoms. The number of unbranched alkanes of at least 4 members (excludes halogenated alkanes) is 5. The van der Waals surface area contributed by atoms with E-state index in [9.17, 15) is 31.2 Å². The third-order valence-corrected chi connectivity index (χ3v) is 6.98. The van der Waals surface area contributed by atoms with Gasteiger partial charge in [-0.05, 0) is 35.8 Å². The predicted octanol–water partition coefficient (Wildman–Crippen LogP) is 5.67. The molecule has 0 radical (unpaired) electrons. The summed E-state index contributed by atoms with van der Waals surface area (Å²) in [6, 6.07) is 7.75. The summed E-state index contributed by atoms with van der Waals surface area (Å²) in [5, 5.41) is 0.489. The molecular weight excluding hydrogens is 467 g/mol. The summed E-state index contributed by atoms with van der Waals surface area (Å²) in [5.41, 5.74) is -5.98. The maximum Gasteiger partial charge on any atom is 0.525 e. The summed E-state index contributed by atoms with van der Waals surface area (Å²) in [4.78, 5) is 26.0. The molecule has 0 aliphatic carbocycles. The van der Waals surface area contributed by atoms with Crippen LogP contribution in [0.2, 0.25) is 0 Å². The molecule has 6 nitrogen and oxygen atoms in total. The first-order valence-electron chi connectivity index (χ1n) is 10.2. The van der Waals surface area contributed by atoms with Crippen molar-refractivity contribution in [1.29, 1.82) is 0 Å². The van der Waals surface area contributed by atoms with E-state index in [1.165, 1.54) is 42.8 Å². The number of amides is 2. The molecule has 2 aromatic rings. The molecule has 3 rings (SSSR count). The van der Waals surface area contributed by atoms with Crippen molar-refractivity contribution >= 4 is 44.5 Å². The van der Waals surface area contributed by atoms with Crippen LogP contribution in [0.25, 0.3) is 10.8 Å². The zero-order valence-electron chi connectivity index (χ0n) is 17.3. The Morgan fingerprint density at radius 1 is 0.969 bits per heavy atom. The lowest BCUT2D eigenvalue weighted by Crippen LogP contribution is -2.44. The van der Waals surface area contributed by atoms with Crippen molar-refractivity contribution in [2.75, 3.05) is 5.75 Å². The molecule has 0 aromatic heterocycles. The third kappa shape index (κ3) is 5.10. The summed E-state index contributed by atoms with van der Waals surface area (Å²) < 4.78 is 64.9. The van der Waals surface area contributed by atoms with E-state index < -0.39 is 27.4 Å². The van der Waals surface area contributed by atoms with Gasteiger partial charge >= 0.3 is 15.6 Å². The molecule has 1 aliphatic rings. The average molecular weight is 490 g/mol. The smallest absolute Gasteiger partial charge is 0.266 e. The third-order valence-electron chi connectivity index (χ3n) is 5.00. The normalized spacial score (nSPS) is 14.4. The van der Waals surface area contributed by atoms with Gasteiger partial charge in [0.05, 0.1) is 11.1 Å². The molecule has 11 heteroatoms. The Morgan fingerprint density at radius 2 is 1.62 bits per heavy atom. The van der Waals surface area contributed by atoms with Crippen LogP contribution in [-0.4, -0.2) is 36.6 Å². The molecule has 0 saturated carbocycles. The van der Waals surface area contributed by atoms with Crippen LogP contribution in [0.5, 0.6) is 0 Å². The summed E-state index contributed by atoms with van der Waals surface area (Å²) in [6.45, 7) is 2.15. The van der Waals surface area contributed by atoms with Gasteiger partial charge in [-0.25, -0.2) is 0 Å². The highest BCUT2D eigenvalue weighted by Gasteiger charge is 2.51. The van der Waals surface area contributed by atoms with Crippen LogP contribution >= 0.6 is 11.8 Å². The molecule has 0 bridgehead atoms. The van der Waals surface area contributed by atoms with E-state index in [1.54, 1.807) is 12.1 Å². The highest BCUT2D eigenvalue weighted by Crippen LogP contribution is 2.36. The van der Waals surface area contributed by atoms with Gasteiger partial charge in [0.2, 0.25) is 0 Å².